The molecule has 1 aromatic heterocycles. The highest BCUT2D eigenvalue weighted by Crippen LogP contribution is 1.97. The molecule has 11 heavy (non-hydrogen) atoms. The van der Waals surface area contributed by atoms with Crippen LogP contribution in [0.4, 0.5) is 5.88 Å². The molecule has 0 radical (unpaired) electrons. The standard InChI is InChI=1S/C4H5NO.C2H2Cl2O/c5-4-2-1-3-6-4;3-1-2(4)5/h1-3H,5H2;1H2. The molecular weight excluding hydrogens is 189 g/mol. The highest BCUT2D eigenvalue weighted by Gasteiger charge is 1.83. The molecule has 0 amide bonds. The van der Waals surface area contributed by atoms with Gasteiger partial charge < -0.3 is 10.2 Å². The molecule has 1 rings (SSSR count). The number of carbonyl (C=O) groups is 1. The fourth-order valence-corrected chi connectivity index (χ4v) is 0.291. The first-order valence-corrected chi connectivity index (χ1v) is 3.61. The van der Waals surface area contributed by atoms with Crippen LogP contribution in [0, 0.1) is 0 Å². The summed E-state index contributed by atoms with van der Waals surface area (Å²) >= 11 is 9.55. The minimum absolute atomic E-state index is 0.0957. The predicted octanol–water partition coefficient (Wildman–Crippen LogP) is 1.85. The number of furan rings is 1. The number of hydrogen-bond acceptors (Lipinski definition) is 3. The van der Waals surface area contributed by atoms with Gasteiger partial charge in [-0.1, -0.05) is 0 Å². The maximum absolute atomic E-state index is 9.45. The van der Waals surface area contributed by atoms with Crippen LogP contribution in [0.2, 0.25) is 0 Å². The Balaban J connectivity index is 0.000000187. The lowest BCUT2D eigenvalue weighted by Crippen LogP contribution is -1.81. The Morgan fingerprint density at radius 2 is 2.27 bits per heavy atom. The average Bonchev–Trinajstić information content (AvgIpc) is 2.41. The van der Waals surface area contributed by atoms with Gasteiger partial charge in [0.2, 0.25) is 5.24 Å². The Kier molecular flexibility index (Phi) is 5.70. The Bertz CT molecular complexity index is 198. The molecule has 0 unspecified atom stereocenters. The zero-order valence-corrected chi connectivity index (χ0v) is 7.10. The molecule has 1 aromatic rings. The van der Waals surface area contributed by atoms with Crippen LogP contribution in [-0.4, -0.2) is 11.1 Å². The molecule has 0 aliphatic heterocycles. The van der Waals surface area contributed by atoms with E-state index in [-0.39, 0.29) is 5.88 Å². The summed E-state index contributed by atoms with van der Waals surface area (Å²) < 4.78 is 4.61. The summed E-state index contributed by atoms with van der Waals surface area (Å²) in [6, 6.07) is 3.44. The predicted molar refractivity (Wildman–Crippen MR) is 44.7 cm³/mol. The summed E-state index contributed by atoms with van der Waals surface area (Å²) in [6.07, 6.45) is 1.54. The monoisotopic (exact) mass is 195 g/mol. The van der Waals surface area contributed by atoms with Crippen molar-refractivity contribution in [2.24, 2.45) is 0 Å². The molecule has 0 saturated carbocycles. The molecule has 5 heteroatoms. The van der Waals surface area contributed by atoms with Crippen molar-refractivity contribution in [1.82, 2.24) is 0 Å². The van der Waals surface area contributed by atoms with Crippen LogP contribution in [-0.2, 0) is 4.79 Å². The van der Waals surface area contributed by atoms with Crippen molar-refractivity contribution in [3.63, 3.8) is 0 Å². The average molecular weight is 196 g/mol. The van der Waals surface area contributed by atoms with E-state index in [0.717, 1.165) is 0 Å². The van der Waals surface area contributed by atoms with Gasteiger partial charge in [-0.25, -0.2) is 0 Å². The van der Waals surface area contributed by atoms with E-state index in [1.807, 2.05) is 0 Å². The van der Waals surface area contributed by atoms with Crippen molar-refractivity contribution in [2.75, 3.05) is 11.6 Å². The van der Waals surface area contributed by atoms with Crippen molar-refractivity contribution in [1.29, 1.82) is 0 Å². The van der Waals surface area contributed by atoms with Gasteiger partial charge >= 0.3 is 0 Å². The van der Waals surface area contributed by atoms with Crippen LogP contribution in [0.1, 0.15) is 0 Å². The maximum Gasteiger partial charge on any atom is 0.236 e. The third kappa shape index (κ3) is 7.22. The fourth-order valence-electron chi connectivity index (χ4n) is 0.291. The number of alkyl halides is 1. The zero-order chi connectivity index (χ0) is 8.69. The van der Waals surface area contributed by atoms with E-state index >= 15 is 0 Å². The molecule has 3 nitrogen and oxygen atoms in total. The van der Waals surface area contributed by atoms with Crippen LogP contribution < -0.4 is 5.73 Å². The van der Waals surface area contributed by atoms with Crippen molar-refractivity contribution in [3.8, 4) is 0 Å². The number of anilines is 1. The van der Waals surface area contributed by atoms with Crippen LogP contribution in [0.5, 0.6) is 0 Å². The first-order chi connectivity index (χ1) is 5.16. The largest absolute Gasteiger partial charge is 0.449 e. The molecule has 0 spiro atoms. The normalized spacial score (nSPS) is 8.18. The Morgan fingerprint density at radius 3 is 2.36 bits per heavy atom. The molecule has 1 heterocycles. The molecular formula is C6H7Cl2NO2. The summed E-state index contributed by atoms with van der Waals surface area (Å²) in [7, 11) is 0. The van der Waals surface area contributed by atoms with Crippen LogP contribution in [0.3, 0.4) is 0 Å². The van der Waals surface area contributed by atoms with Crippen molar-refractivity contribution < 1.29 is 9.21 Å². The second-order valence-electron chi connectivity index (χ2n) is 1.50. The van der Waals surface area contributed by atoms with Crippen molar-refractivity contribution >= 4 is 34.3 Å². The van der Waals surface area contributed by atoms with Gasteiger partial charge in [-0.3, -0.25) is 4.79 Å². The summed E-state index contributed by atoms with van der Waals surface area (Å²) in [5.74, 6) is 0.372. The second kappa shape index (κ2) is 6.07. The van der Waals surface area contributed by atoms with Crippen molar-refractivity contribution in [2.45, 2.75) is 0 Å². The van der Waals surface area contributed by atoms with Gasteiger partial charge in [0.15, 0.2) is 5.88 Å². The fraction of sp³-hybridized carbons (Fsp3) is 0.167. The number of carbonyl (C=O) groups excluding carboxylic acids is 1. The molecule has 0 atom stereocenters. The van der Waals surface area contributed by atoms with Gasteiger partial charge in [0.1, 0.15) is 0 Å². The lowest BCUT2D eigenvalue weighted by Gasteiger charge is -1.70. The smallest absolute Gasteiger partial charge is 0.236 e. The van der Waals surface area contributed by atoms with E-state index in [0.29, 0.717) is 5.88 Å². The summed E-state index contributed by atoms with van der Waals surface area (Å²) in [5, 5.41) is -0.508. The van der Waals surface area contributed by atoms with Gasteiger partial charge in [-0.2, -0.15) is 0 Å². The Labute approximate surface area is 74.1 Å². The Hall–Kier alpha value is -0.670. The van der Waals surface area contributed by atoms with Crippen molar-refractivity contribution in [3.05, 3.63) is 18.4 Å². The molecule has 0 bridgehead atoms. The van der Waals surface area contributed by atoms with E-state index < -0.39 is 5.24 Å². The van der Waals surface area contributed by atoms with Gasteiger partial charge in [0, 0.05) is 6.07 Å². The molecule has 0 fully saturated rings. The SMILES string of the molecule is Nc1ccco1.O=C(Cl)CCl. The molecule has 62 valence electrons. The number of nitrogen functional groups attached to an aromatic ring is 1. The third-order valence-corrected chi connectivity index (χ3v) is 1.16. The first kappa shape index (κ1) is 10.3. The topological polar surface area (TPSA) is 56.2 Å². The van der Waals surface area contributed by atoms with Gasteiger partial charge in [-0.15, -0.1) is 11.6 Å². The maximum atomic E-state index is 9.45. The molecule has 0 aliphatic rings. The molecule has 2 N–H and O–H groups in total. The van der Waals surface area contributed by atoms with E-state index in [2.05, 4.69) is 4.42 Å². The lowest BCUT2D eigenvalue weighted by molar-refractivity contribution is -0.109. The highest BCUT2D eigenvalue weighted by molar-refractivity contribution is 6.67. The van der Waals surface area contributed by atoms with Crippen LogP contribution in [0.15, 0.2) is 22.8 Å². The minimum Gasteiger partial charge on any atom is -0.449 e. The second-order valence-corrected chi connectivity index (χ2v) is 2.19. The number of hydrogen-bond donors (Lipinski definition) is 1. The van der Waals surface area contributed by atoms with Crippen LogP contribution in [0.25, 0.3) is 0 Å². The van der Waals surface area contributed by atoms with E-state index in [4.69, 9.17) is 28.9 Å². The van der Waals surface area contributed by atoms with E-state index in [1.54, 1.807) is 12.1 Å². The quantitative estimate of drug-likeness (QED) is 0.550. The number of rotatable bonds is 1. The zero-order valence-electron chi connectivity index (χ0n) is 5.59. The van der Waals surface area contributed by atoms with Gasteiger partial charge in [-0.05, 0) is 17.7 Å². The minimum atomic E-state index is -0.508. The first-order valence-electron chi connectivity index (χ1n) is 2.70. The highest BCUT2D eigenvalue weighted by atomic mass is 35.5. The van der Waals surface area contributed by atoms with Gasteiger partial charge in [0.25, 0.3) is 0 Å². The summed E-state index contributed by atoms with van der Waals surface area (Å²) in [6.45, 7) is 0. The van der Waals surface area contributed by atoms with Gasteiger partial charge in [0.05, 0.1) is 12.1 Å². The summed E-state index contributed by atoms with van der Waals surface area (Å²) in [4.78, 5) is 9.45. The Morgan fingerprint density at radius 1 is 1.73 bits per heavy atom. The molecule has 0 aliphatic carbocycles. The molecule has 0 saturated heterocycles. The summed E-state index contributed by atoms with van der Waals surface area (Å²) in [5.41, 5.74) is 5.11. The van der Waals surface area contributed by atoms with Crippen LogP contribution >= 0.6 is 23.2 Å². The van der Waals surface area contributed by atoms with E-state index in [1.165, 1.54) is 6.26 Å². The van der Waals surface area contributed by atoms with E-state index in [9.17, 15) is 4.79 Å². The number of nitrogens with two attached hydrogens (primary N) is 1. The third-order valence-electron chi connectivity index (χ3n) is 0.648. The molecule has 0 aromatic carbocycles. The lowest BCUT2D eigenvalue weighted by atomic mass is 10.6. The number of halogens is 2.